The molecule has 0 saturated heterocycles. The molecule has 3 nitrogen and oxygen atoms in total. The van der Waals surface area contributed by atoms with E-state index in [0.29, 0.717) is 12.2 Å². The number of thioether (sulfide) groups is 1. The summed E-state index contributed by atoms with van der Waals surface area (Å²) >= 11 is 1.63. The van der Waals surface area contributed by atoms with Gasteiger partial charge in [0.15, 0.2) is 0 Å². The van der Waals surface area contributed by atoms with Crippen molar-refractivity contribution < 1.29 is 14.3 Å². The molecule has 1 rings (SSSR count). The van der Waals surface area contributed by atoms with E-state index in [0.717, 1.165) is 18.6 Å². The van der Waals surface area contributed by atoms with Crippen LogP contribution in [0.3, 0.4) is 0 Å². The van der Waals surface area contributed by atoms with E-state index in [9.17, 15) is 9.59 Å². The first-order valence-electron chi connectivity index (χ1n) is 4.72. The molecule has 0 heterocycles. The van der Waals surface area contributed by atoms with Gasteiger partial charge >= 0.3 is 5.97 Å². The standard InChI is InChI=1S/C10H16O3S/c1-8(11)6-14-7-10(3-4-10)5-9(12)13-2/h3-7H2,1-2H3. The quantitative estimate of drug-likeness (QED) is 0.633. The molecule has 14 heavy (non-hydrogen) atoms. The highest BCUT2D eigenvalue weighted by molar-refractivity contribution is 8.00. The van der Waals surface area contributed by atoms with E-state index in [1.165, 1.54) is 7.11 Å². The molecule has 0 aromatic heterocycles. The minimum Gasteiger partial charge on any atom is -0.469 e. The monoisotopic (exact) mass is 216 g/mol. The smallest absolute Gasteiger partial charge is 0.306 e. The molecule has 0 amide bonds. The van der Waals surface area contributed by atoms with Crippen molar-refractivity contribution >= 4 is 23.5 Å². The van der Waals surface area contributed by atoms with E-state index in [2.05, 4.69) is 4.74 Å². The lowest BCUT2D eigenvalue weighted by atomic mass is 10.1. The van der Waals surface area contributed by atoms with Crippen molar-refractivity contribution in [3.63, 3.8) is 0 Å². The molecule has 80 valence electrons. The van der Waals surface area contributed by atoms with E-state index in [4.69, 9.17) is 0 Å². The molecule has 0 aliphatic heterocycles. The first kappa shape index (κ1) is 11.6. The molecule has 0 bridgehead atoms. The zero-order valence-corrected chi connectivity index (χ0v) is 9.49. The second-order valence-electron chi connectivity index (χ2n) is 3.95. The Labute approximate surface area is 88.6 Å². The summed E-state index contributed by atoms with van der Waals surface area (Å²) in [4.78, 5) is 21.8. The molecule has 4 heteroatoms. The van der Waals surface area contributed by atoms with E-state index < -0.39 is 0 Å². The lowest BCUT2D eigenvalue weighted by Crippen LogP contribution is -2.13. The minimum absolute atomic E-state index is 0.133. The lowest BCUT2D eigenvalue weighted by Gasteiger charge is -2.11. The molecule has 0 unspecified atom stereocenters. The summed E-state index contributed by atoms with van der Waals surface area (Å²) in [5, 5.41) is 0. The van der Waals surface area contributed by atoms with Crippen LogP contribution in [-0.2, 0) is 14.3 Å². The molecule has 0 N–H and O–H groups in total. The fourth-order valence-corrected chi connectivity index (χ4v) is 2.55. The summed E-state index contributed by atoms with van der Waals surface area (Å²) in [6, 6.07) is 0. The van der Waals surface area contributed by atoms with Crippen molar-refractivity contribution in [2.75, 3.05) is 18.6 Å². The normalized spacial score (nSPS) is 17.6. The zero-order chi connectivity index (χ0) is 10.6. The molecule has 1 saturated carbocycles. The highest BCUT2D eigenvalue weighted by atomic mass is 32.2. The Morgan fingerprint density at radius 2 is 2.07 bits per heavy atom. The van der Waals surface area contributed by atoms with Crippen LogP contribution in [0, 0.1) is 5.41 Å². The molecule has 1 fully saturated rings. The first-order valence-corrected chi connectivity index (χ1v) is 5.87. The van der Waals surface area contributed by atoms with E-state index >= 15 is 0 Å². The predicted octanol–water partition coefficient (Wildman–Crippen LogP) is 1.65. The summed E-state index contributed by atoms with van der Waals surface area (Å²) in [6.07, 6.45) is 2.69. The lowest BCUT2D eigenvalue weighted by molar-refractivity contribution is -0.141. The second kappa shape index (κ2) is 4.82. The summed E-state index contributed by atoms with van der Waals surface area (Å²) in [7, 11) is 1.42. The van der Waals surface area contributed by atoms with E-state index in [-0.39, 0.29) is 17.2 Å². The maximum absolute atomic E-state index is 11.1. The number of esters is 1. The third-order valence-corrected chi connectivity index (χ3v) is 3.84. The zero-order valence-electron chi connectivity index (χ0n) is 8.67. The van der Waals surface area contributed by atoms with Crippen molar-refractivity contribution in [1.82, 2.24) is 0 Å². The number of Topliss-reactive ketones (excluding diaryl/α,β-unsaturated/α-hetero) is 1. The van der Waals surface area contributed by atoms with Gasteiger partial charge in [-0.25, -0.2) is 0 Å². The molecule has 0 spiro atoms. The van der Waals surface area contributed by atoms with Gasteiger partial charge in [-0.2, -0.15) is 11.8 Å². The predicted molar refractivity (Wildman–Crippen MR) is 56.3 cm³/mol. The topological polar surface area (TPSA) is 43.4 Å². The Hall–Kier alpha value is -0.510. The summed E-state index contributed by atoms with van der Waals surface area (Å²) in [5.41, 5.74) is 0.146. The second-order valence-corrected chi connectivity index (χ2v) is 4.93. The maximum Gasteiger partial charge on any atom is 0.306 e. The number of methoxy groups -OCH3 is 1. The number of carbonyl (C=O) groups is 2. The van der Waals surface area contributed by atoms with Crippen molar-refractivity contribution in [2.45, 2.75) is 26.2 Å². The molecule has 0 atom stereocenters. The van der Waals surface area contributed by atoms with Crippen LogP contribution in [0.1, 0.15) is 26.2 Å². The van der Waals surface area contributed by atoms with Gasteiger partial charge in [-0.1, -0.05) is 0 Å². The van der Waals surface area contributed by atoms with Gasteiger partial charge in [0.1, 0.15) is 5.78 Å². The van der Waals surface area contributed by atoms with Crippen molar-refractivity contribution in [2.24, 2.45) is 5.41 Å². The van der Waals surface area contributed by atoms with Crippen molar-refractivity contribution in [3.8, 4) is 0 Å². The van der Waals surface area contributed by atoms with Crippen molar-refractivity contribution in [3.05, 3.63) is 0 Å². The Balaban J connectivity index is 2.22. The average Bonchev–Trinajstić information content (AvgIpc) is 2.84. The maximum atomic E-state index is 11.1. The number of hydrogen-bond acceptors (Lipinski definition) is 4. The van der Waals surface area contributed by atoms with Crippen LogP contribution >= 0.6 is 11.8 Å². The van der Waals surface area contributed by atoms with Crippen LogP contribution in [0.15, 0.2) is 0 Å². The fraction of sp³-hybridized carbons (Fsp3) is 0.800. The number of ether oxygens (including phenoxy) is 1. The van der Waals surface area contributed by atoms with Gasteiger partial charge in [0.2, 0.25) is 0 Å². The van der Waals surface area contributed by atoms with Gasteiger partial charge in [0.25, 0.3) is 0 Å². The molecule has 1 aliphatic carbocycles. The Bertz CT molecular complexity index is 234. The summed E-state index contributed by atoms with van der Waals surface area (Å²) in [6.45, 7) is 1.59. The van der Waals surface area contributed by atoms with Gasteiger partial charge in [-0.15, -0.1) is 0 Å². The Morgan fingerprint density at radius 3 is 2.50 bits per heavy atom. The highest BCUT2D eigenvalue weighted by Gasteiger charge is 2.44. The summed E-state index contributed by atoms with van der Waals surface area (Å²) < 4.78 is 4.64. The highest BCUT2D eigenvalue weighted by Crippen LogP contribution is 2.51. The van der Waals surface area contributed by atoms with Crippen LogP contribution in [0.25, 0.3) is 0 Å². The summed E-state index contributed by atoms with van der Waals surface area (Å²) in [5.74, 6) is 1.53. The Morgan fingerprint density at radius 1 is 1.43 bits per heavy atom. The number of ketones is 1. The van der Waals surface area contributed by atoms with Gasteiger partial charge in [-0.05, 0) is 30.9 Å². The fourth-order valence-electron chi connectivity index (χ4n) is 1.34. The molecule has 0 aromatic rings. The molecule has 0 radical (unpaired) electrons. The minimum atomic E-state index is -0.133. The number of hydrogen-bond donors (Lipinski definition) is 0. The van der Waals surface area contributed by atoms with Gasteiger partial charge in [0.05, 0.1) is 19.3 Å². The Kier molecular flexibility index (Phi) is 3.98. The van der Waals surface area contributed by atoms with Gasteiger partial charge < -0.3 is 4.74 Å². The number of carbonyl (C=O) groups excluding carboxylic acids is 2. The molecule has 0 aromatic carbocycles. The van der Waals surface area contributed by atoms with Crippen LogP contribution < -0.4 is 0 Å². The number of rotatable bonds is 6. The third kappa shape index (κ3) is 3.70. The largest absolute Gasteiger partial charge is 0.469 e. The van der Waals surface area contributed by atoms with Crippen LogP contribution in [-0.4, -0.2) is 30.4 Å². The third-order valence-electron chi connectivity index (χ3n) is 2.42. The first-order chi connectivity index (χ1) is 6.58. The molecular weight excluding hydrogens is 200 g/mol. The van der Waals surface area contributed by atoms with Crippen LogP contribution in [0.4, 0.5) is 0 Å². The van der Waals surface area contributed by atoms with Crippen LogP contribution in [0.5, 0.6) is 0 Å². The van der Waals surface area contributed by atoms with Crippen molar-refractivity contribution in [1.29, 1.82) is 0 Å². The average molecular weight is 216 g/mol. The van der Waals surface area contributed by atoms with E-state index in [1.807, 2.05) is 0 Å². The van der Waals surface area contributed by atoms with Gasteiger partial charge in [-0.3, -0.25) is 9.59 Å². The van der Waals surface area contributed by atoms with Gasteiger partial charge in [0, 0.05) is 0 Å². The SMILES string of the molecule is COC(=O)CC1(CSCC(C)=O)CC1. The van der Waals surface area contributed by atoms with E-state index in [1.54, 1.807) is 18.7 Å². The van der Waals surface area contributed by atoms with Crippen LogP contribution in [0.2, 0.25) is 0 Å². The molecular formula is C10H16O3S. The molecule has 1 aliphatic rings.